The normalized spacial score (nSPS) is 10.1. The molecular formula is C14H20N2O4. The smallest absolute Gasteiger partial charge is 0.335 e. The highest BCUT2D eigenvalue weighted by molar-refractivity contribution is 5.87. The van der Waals surface area contributed by atoms with Gasteiger partial charge >= 0.3 is 5.97 Å². The molecule has 1 aromatic rings. The Hall–Kier alpha value is -2.08. The zero-order chi connectivity index (χ0) is 15.0. The minimum Gasteiger partial charge on any atom is -0.492 e. The zero-order valence-corrected chi connectivity index (χ0v) is 11.8. The number of nitrogens with zero attached hydrogens (tertiary/aromatic N) is 1. The third-order valence-electron chi connectivity index (χ3n) is 2.83. The second kappa shape index (κ2) is 8.16. The van der Waals surface area contributed by atoms with E-state index in [1.54, 1.807) is 24.1 Å². The van der Waals surface area contributed by atoms with E-state index in [0.717, 1.165) is 0 Å². The van der Waals surface area contributed by atoms with Crippen molar-refractivity contribution in [1.82, 2.24) is 10.2 Å². The van der Waals surface area contributed by atoms with E-state index in [-0.39, 0.29) is 18.0 Å². The largest absolute Gasteiger partial charge is 0.492 e. The van der Waals surface area contributed by atoms with Crippen molar-refractivity contribution in [1.29, 1.82) is 0 Å². The molecule has 0 bridgehead atoms. The van der Waals surface area contributed by atoms with Gasteiger partial charge in [-0.3, -0.25) is 4.79 Å². The van der Waals surface area contributed by atoms with E-state index in [4.69, 9.17) is 9.84 Å². The van der Waals surface area contributed by atoms with Gasteiger partial charge in [-0.2, -0.15) is 0 Å². The first kappa shape index (κ1) is 16.0. The third kappa shape index (κ3) is 5.27. The van der Waals surface area contributed by atoms with Crippen LogP contribution in [0.3, 0.4) is 0 Å². The van der Waals surface area contributed by atoms with Crippen LogP contribution in [-0.2, 0) is 4.79 Å². The van der Waals surface area contributed by atoms with Crippen LogP contribution in [0.1, 0.15) is 17.3 Å². The molecule has 0 spiro atoms. The lowest BCUT2D eigenvalue weighted by Crippen LogP contribution is -2.36. The lowest BCUT2D eigenvalue weighted by molar-refractivity contribution is -0.128. The molecule has 0 atom stereocenters. The van der Waals surface area contributed by atoms with Crippen LogP contribution in [0.15, 0.2) is 24.3 Å². The maximum atomic E-state index is 11.5. The maximum Gasteiger partial charge on any atom is 0.335 e. The van der Waals surface area contributed by atoms with Crippen LogP contribution in [0.5, 0.6) is 5.75 Å². The van der Waals surface area contributed by atoms with Gasteiger partial charge in [-0.05, 0) is 31.2 Å². The summed E-state index contributed by atoms with van der Waals surface area (Å²) in [6.07, 6.45) is 0. The quantitative estimate of drug-likeness (QED) is 0.690. The van der Waals surface area contributed by atoms with Gasteiger partial charge in [0.1, 0.15) is 12.4 Å². The Morgan fingerprint density at radius 3 is 2.50 bits per heavy atom. The number of likely N-dealkylation sites (N-methyl/N-ethyl adjacent to an activating group) is 1. The highest BCUT2D eigenvalue weighted by Gasteiger charge is 2.05. The number of carboxylic acid groups (broad SMARTS) is 1. The molecule has 0 heterocycles. The molecule has 1 rings (SSSR count). The number of nitrogens with one attached hydrogen (secondary N) is 1. The lowest BCUT2D eigenvalue weighted by atomic mass is 10.2. The number of hydrogen-bond acceptors (Lipinski definition) is 4. The molecule has 0 saturated carbocycles. The van der Waals surface area contributed by atoms with Crippen molar-refractivity contribution >= 4 is 11.9 Å². The standard InChI is InChI=1S/C14H20N2O4/c1-3-16(2)13(17)10-15-8-9-20-12-6-4-11(5-7-12)14(18)19/h4-7,15H,3,8-10H2,1-2H3,(H,18,19). The van der Waals surface area contributed by atoms with Crippen molar-refractivity contribution in [3.05, 3.63) is 29.8 Å². The van der Waals surface area contributed by atoms with E-state index in [0.29, 0.717) is 25.4 Å². The Kier molecular flexibility index (Phi) is 6.52. The highest BCUT2D eigenvalue weighted by atomic mass is 16.5. The molecule has 20 heavy (non-hydrogen) atoms. The van der Waals surface area contributed by atoms with Gasteiger partial charge < -0.3 is 20.1 Å². The van der Waals surface area contributed by atoms with Crippen molar-refractivity contribution in [2.24, 2.45) is 0 Å². The molecular weight excluding hydrogens is 260 g/mol. The summed E-state index contributed by atoms with van der Waals surface area (Å²) < 4.78 is 5.43. The van der Waals surface area contributed by atoms with E-state index in [1.165, 1.54) is 12.1 Å². The van der Waals surface area contributed by atoms with Crippen LogP contribution in [-0.4, -0.2) is 55.2 Å². The van der Waals surface area contributed by atoms with E-state index in [9.17, 15) is 9.59 Å². The average Bonchev–Trinajstić information content (AvgIpc) is 2.46. The summed E-state index contributed by atoms with van der Waals surface area (Å²) in [4.78, 5) is 23.8. The number of ether oxygens (including phenoxy) is 1. The molecule has 0 aliphatic carbocycles. The number of carbonyl (C=O) groups excluding carboxylic acids is 1. The van der Waals surface area contributed by atoms with Crippen molar-refractivity contribution in [3.8, 4) is 5.75 Å². The molecule has 6 heteroatoms. The van der Waals surface area contributed by atoms with Gasteiger partial charge in [0.15, 0.2) is 0 Å². The van der Waals surface area contributed by atoms with E-state index < -0.39 is 5.97 Å². The molecule has 0 aliphatic rings. The number of carboxylic acids is 1. The summed E-state index contributed by atoms with van der Waals surface area (Å²) in [6.45, 7) is 3.85. The first-order chi connectivity index (χ1) is 9.54. The van der Waals surface area contributed by atoms with Crippen molar-refractivity contribution in [2.75, 3.05) is 33.3 Å². The molecule has 0 unspecified atom stereocenters. The SMILES string of the molecule is CCN(C)C(=O)CNCCOc1ccc(C(=O)O)cc1. The zero-order valence-electron chi connectivity index (χ0n) is 11.8. The molecule has 2 N–H and O–H groups in total. The van der Waals surface area contributed by atoms with Gasteiger partial charge in [0.2, 0.25) is 5.91 Å². The summed E-state index contributed by atoms with van der Waals surface area (Å²) in [7, 11) is 1.75. The molecule has 1 amide bonds. The van der Waals surface area contributed by atoms with Crippen LogP contribution in [0.25, 0.3) is 0 Å². The van der Waals surface area contributed by atoms with Crippen molar-refractivity contribution in [3.63, 3.8) is 0 Å². The van der Waals surface area contributed by atoms with Gasteiger partial charge in [-0.15, -0.1) is 0 Å². The third-order valence-corrected chi connectivity index (χ3v) is 2.83. The summed E-state index contributed by atoms with van der Waals surface area (Å²) in [5.41, 5.74) is 0.226. The Morgan fingerprint density at radius 2 is 1.95 bits per heavy atom. The first-order valence-corrected chi connectivity index (χ1v) is 6.45. The maximum absolute atomic E-state index is 11.5. The fraction of sp³-hybridized carbons (Fsp3) is 0.429. The molecule has 0 saturated heterocycles. The Balaban J connectivity index is 2.21. The molecule has 0 fully saturated rings. The molecule has 0 radical (unpaired) electrons. The number of rotatable bonds is 8. The summed E-state index contributed by atoms with van der Waals surface area (Å²) in [5.74, 6) is -0.316. The lowest BCUT2D eigenvalue weighted by Gasteiger charge is -2.14. The second-order valence-corrected chi connectivity index (χ2v) is 4.26. The monoisotopic (exact) mass is 280 g/mol. The van der Waals surface area contributed by atoms with Crippen molar-refractivity contribution in [2.45, 2.75) is 6.92 Å². The van der Waals surface area contributed by atoms with E-state index in [1.807, 2.05) is 6.92 Å². The number of benzene rings is 1. The van der Waals surface area contributed by atoms with Crippen LogP contribution in [0.2, 0.25) is 0 Å². The predicted octanol–water partition coefficient (Wildman–Crippen LogP) is 0.832. The fourth-order valence-electron chi connectivity index (χ4n) is 1.44. The van der Waals surface area contributed by atoms with Crippen LogP contribution in [0, 0.1) is 0 Å². The fourth-order valence-corrected chi connectivity index (χ4v) is 1.44. The number of amides is 1. The van der Waals surface area contributed by atoms with Gasteiger partial charge in [0.05, 0.1) is 12.1 Å². The summed E-state index contributed by atoms with van der Waals surface area (Å²) in [5, 5.41) is 11.7. The molecule has 0 aliphatic heterocycles. The van der Waals surface area contributed by atoms with E-state index >= 15 is 0 Å². The summed E-state index contributed by atoms with van der Waals surface area (Å²) in [6, 6.07) is 6.20. The molecule has 0 aromatic heterocycles. The number of hydrogen-bond donors (Lipinski definition) is 2. The van der Waals surface area contributed by atoms with E-state index in [2.05, 4.69) is 5.32 Å². The summed E-state index contributed by atoms with van der Waals surface area (Å²) >= 11 is 0. The second-order valence-electron chi connectivity index (χ2n) is 4.26. The van der Waals surface area contributed by atoms with Gasteiger partial charge in [-0.25, -0.2) is 4.79 Å². The van der Waals surface area contributed by atoms with Crippen molar-refractivity contribution < 1.29 is 19.4 Å². The first-order valence-electron chi connectivity index (χ1n) is 6.45. The topological polar surface area (TPSA) is 78.9 Å². The van der Waals surface area contributed by atoms with Gasteiger partial charge in [0, 0.05) is 20.1 Å². The minimum atomic E-state index is -0.961. The molecule has 6 nitrogen and oxygen atoms in total. The Morgan fingerprint density at radius 1 is 1.30 bits per heavy atom. The van der Waals surface area contributed by atoms with Gasteiger partial charge in [-0.1, -0.05) is 0 Å². The molecule has 110 valence electrons. The van der Waals surface area contributed by atoms with Crippen LogP contribution < -0.4 is 10.1 Å². The number of aromatic carboxylic acids is 1. The van der Waals surface area contributed by atoms with Crippen LogP contribution >= 0.6 is 0 Å². The highest BCUT2D eigenvalue weighted by Crippen LogP contribution is 2.11. The average molecular weight is 280 g/mol. The Bertz CT molecular complexity index is 445. The Labute approximate surface area is 118 Å². The van der Waals surface area contributed by atoms with Crippen LogP contribution in [0.4, 0.5) is 0 Å². The van der Waals surface area contributed by atoms with Gasteiger partial charge in [0.25, 0.3) is 0 Å². The minimum absolute atomic E-state index is 0.0401. The molecule has 1 aromatic carbocycles. The predicted molar refractivity (Wildman–Crippen MR) is 75.1 cm³/mol. The number of carbonyl (C=O) groups is 2.